The largest absolute Gasteiger partial charge is 0.399 e. The highest BCUT2D eigenvalue weighted by Crippen LogP contribution is 2.18. The third-order valence-corrected chi connectivity index (χ3v) is 2.93. The van der Waals surface area contributed by atoms with Crippen molar-refractivity contribution in [1.29, 1.82) is 0 Å². The molecule has 1 aromatic rings. The first-order valence-electron chi connectivity index (χ1n) is 5.97. The lowest BCUT2D eigenvalue weighted by molar-refractivity contribution is -0.0587. The monoisotopic (exact) mass is 252 g/mol. The number of nitrogens with two attached hydrogens (primary N) is 1. The molecule has 0 radical (unpaired) electrons. The Balaban J connectivity index is 2.22. The van der Waals surface area contributed by atoms with E-state index in [1.165, 1.54) is 18.2 Å². The van der Waals surface area contributed by atoms with E-state index in [0.29, 0.717) is 18.8 Å². The molecule has 1 aliphatic rings. The summed E-state index contributed by atoms with van der Waals surface area (Å²) in [5, 5.41) is 0. The minimum absolute atomic E-state index is 0.0244. The highest BCUT2D eigenvalue weighted by Gasteiger charge is 2.27. The van der Waals surface area contributed by atoms with E-state index in [2.05, 4.69) is 0 Å². The molecule has 0 aliphatic carbocycles. The summed E-state index contributed by atoms with van der Waals surface area (Å²) in [6, 6.07) is 4.04. The zero-order valence-corrected chi connectivity index (χ0v) is 10.5. The van der Waals surface area contributed by atoms with Crippen molar-refractivity contribution in [3.63, 3.8) is 0 Å². The Morgan fingerprint density at radius 1 is 1.39 bits per heavy atom. The molecule has 18 heavy (non-hydrogen) atoms. The summed E-state index contributed by atoms with van der Waals surface area (Å²) >= 11 is 0. The molecule has 1 saturated heterocycles. The van der Waals surface area contributed by atoms with E-state index in [-0.39, 0.29) is 23.7 Å². The molecule has 0 saturated carbocycles. The second-order valence-electron chi connectivity index (χ2n) is 4.71. The standard InChI is InChI=1S/C13H17FN2O2/c1-8-6-16(7-9(2)18-8)13(17)11-5-10(15)3-4-12(11)14/h3-5,8-9H,6-7,15H2,1-2H3/t8-,9+. The molecule has 0 spiro atoms. The Hall–Kier alpha value is -1.62. The highest BCUT2D eigenvalue weighted by molar-refractivity contribution is 5.95. The molecule has 2 N–H and O–H groups in total. The second-order valence-corrected chi connectivity index (χ2v) is 4.71. The van der Waals surface area contributed by atoms with E-state index >= 15 is 0 Å². The minimum atomic E-state index is -0.541. The number of nitrogens with zero attached hydrogens (tertiary/aromatic N) is 1. The Kier molecular flexibility index (Phi) is 3.52. The average molecular weight is 252 g/mol. The molecule has 0 aromatic heterocycles. The number of halogens is 1. The average Bonchev–Trinajstić information content (AvgIpc) is 2.30. The van der Waals surface area contributed by atoms with Gasteiger partial charge in [-0.1, -0.05) is 0 Å². The number of anilines is 1. The van der Waals surface area contributed by atoms with E-state index in [1.54, 1.807) is 4.90 Å². The summed E-state index contributed by atoms with van der Waals surface area (Å²) < 4.78 is 19.2. The van der Waals surface area contributed by atoms with Crippen molar-refractivity contribution in [2.24, 2.45) is 0 Å². The van der Waals surface area contributed by atoms with Crippen molar-refractivity contribution >= 4 is 11.6 Å². The number of carbonyl (C=O) groups is 1. The fraction of sp³-hybridized carbons (Fsp3) is 0.462. The minimum Gasteiger partial charge on any atom is -0.399 e. The first-order chi connectivity index (χ1) is 8.47. The van der Waals surface area contributed by atoms with Gasteiger partial charge < -0.3 is 15.4 Å². The van der Waals surface area contributed by atoms with Crippen LogP contribution in [-0.4, -0.2) is 36.1 Å². The maximum atomic E-state index is 13.6. The Morgan fingerprint density at radius 3 is 2.61 bits per heavy atom. The molecular formula is C13H17FN2O2. The summed E-state index contributed by atoms with van der Waals surface area (Å²) in [7, 11) is 0. The third kappa shape index (κ3) is 2.61. The van der Waals surface area contributed by atoms with Crippen LogP contribution in [0.3, 0.4) is 0 Å². The van der Waals surface area contributed by atoms with E-state index in [9.17, 15) is 9.18 Å². The number of ether oxygens (including phenoxy) is 1. The number of hydrogen-bond donors (Lipinski definition) is 1. The van der Waals surface area contributed by atoms with Gasteiger partial charge >= 0.3 is 0 Å². The molecular weight excluding hydrogens is 235 g/mol. The van der Waals surface area contributed by atoms with Gasteiger partial charge in [-0.2, -0.15) is 0 Å². The van der Waals surface area contributed by atoms with Crippen molar-refractivity contribution in [2.45, 2.75) is 26.1 Å². The lowest BCUT2D eigenvalue weighted by Gasteiger charge is -2.35. The predicted octanol–water partition coefficient (Wildman–Crippen LogP) is 1.66. The molecule has 0 bridgehead atoms. The molecule has 5 heteroatoms. The normalized spacial score (nSPS) is 24.1. The van der Waals surface area contributed by atoms with Gasteiger partial charge in [0.2, 0.25) is 0 Å². The Labute approximate surface area is 106 Å². The lowest BCUT2D eigenvalue weighted by atomic mass is 10.1. The van der Waals surface area contributed by atoms with E-state index < -0.39 is 5.82 Å². The summed E-state index contributed by atoms with van der Waals surface area (Å²) in [6.45, 7) is 4.73. The smallest absolute Gasteiger partial charge is 0.257 e. The van der Waals surface area contributed by atoms with Crippen molar-refractivity contribution in [1.82, 2.24) is 4.90 Å². The molecule has 0 unspecified atom stereocenters. The first kappa shape index (κ1) is 12.8. The Bertz CT molecular complexity index is 454. The molecule has 1 amide bonds. The highest BCUT2D eigenvalue weighted by atomic mass is 19.1. The molecule has 98 valence electrons. The van der Waals surface area contributed by atoms with Gasteiger partial charge in [0.1, 0.15) is 5.82 Å². The van der Waals surface area contributed by atoms with Crippen molar-refractivity contribution in [2.75, 3.05) is 18.8 Å². The van der Waals surface area contributed by atoms with Crippen LogP contribution in [0.1, 0.15) is 24.2 Å². The van der Waals surface area contributed by atoms with Crippen molar-refractivity contribution < 1.29 is 13.9 Å². The molecule has 4 nitrogen and oxygen atoms in total. The summed E-state index contributed by atoms with van der Waals surface area (Å²) in [4.78, 5) is 13.8. The lowest BCUT2D eigenvalue weighted by Crippen LogP contribution is -2.48. The number of amides is 1. The van der Waals surface area contributed by atoms with Crippen LogP contribution in [0.2, 0.25) is 0 Å². The molecule has 1 aliphatic heterocycles. The van der Waals surface area contributed by atoms with Gasteiger partial charge in [-0.3, -0.25) is 4.79 Å². The van der Waals surface area contributed by atoms with Gasteiger partial charge in [0.05, 0.1) is 17.8 Å². The van der Waals surface area contributed by atoms with Gasteiger partial charge in [0.15, 0.2) is 0 Å². The number of morpholine rings is 1. The predicted molar refractivity (Wildman–Crippen MR) is 66.7 cm³/mol. The maximum absolute atomic E-state index is 13.6. The van der Waals surface area contributed by atoms with Gasteiger partial charge in [-0.15, -0.1) is 0 Å². The first-order valence-corrected chi connectivity index (χ1v) is 5.97. The number of hydrogen-bond acceptors (Lipinski definition) is 3. The van der Waals surface area contributed by atoms with Crippen LogP contribution in [-0.2, 0) is 4.74 Å². The topological polar surface area (TPSA) is 55.6 Å². The van der Waals surface area contributed by atoms with Crippen LogP contribution in [0, 0.1) is 5.82 Å². The third-order valence-electron chi connectivity index (χ3n) is 2.93. The van der Waals surface area contributed by atoms with E-state index in [1.807, 2.05) is 13.8 Å². The number of nitrogen functional groups attached to an aromatic ring is 1. The summed E-state index contributed by atoms with van der Waals surface area (Å²) in [5.74, 6) is -0.872. The molecule has 1 fully saturated rings. The molecule has 2 atom stereocenters. The van der Waals surface area contributed by atoms with Crippen LogP contribution in [0.5, 0.6) is 0 Å². The molecule has 1 aromatic carbocycles. The Morgan fingerprint density at radius 2 is 2.00 bits per heavy atom. The van der Waals surface area contributed by atoms with Gasteiger partial charge in [0, 0.05) is 18.8 Å². The van der Waals surface area contributed by atoms with Gasteiger partial charge in [0.25, 0.3) is 5.91 Å². The number of benzene rings is 1. The number of carbonyl (C=O) groups excluding carboxylic acids is 1. The maximum Gasteiger partial charge on any atom is 0.257 e. The zero-order chi connectivity index (χ0) is 13.3. The second kappa shape index (κ2) is 4.94. The summed E-state index contributed by atoms with van der Waals surface area (Å²) in [6.07, 6.45) is -0.0800. The van der Waals surface area contributed by atoms with Crippen molar-refractivity contribution in [3.05, 3.63) is 29.6 Å². The summed E-state index contributed by atoms with van der Waals surface area (Å²) in [5.41, 5.74) is 6.00. The van der Waals surface area contributed by atoms with Gasteiger partial charge in [-0.05, 0) is 32.0 Å². The van der Waals surface area contributed by atoms with Crippen LogP contribution < -0.4 is 5.73 Å². The quantitative estimate of drug-likeness (QED) is 0.773. The zero-order valence-electron chi connectivity index (χ0n) is 10.5. The van der Waals surface area contributed by atoms with Crippen LogP contribution in [0.15, 0.2) is 18.2 Å². The van der Waals surface area contributed by atoms with Crippen LogP contribution in [0.25, 0.3) is 0 Å². The SMILES string of the molecule is C[C@@H]1CN(C(=O)c2cc(N)ccc2F)C[C@H](C)O1. The van der Waals surface area contributed by atoms with Crippen LogP contribution in [0.4, 0.5) is 10.1 Å². The van der Waals surface area contributed by atoms with E-state index in [4.69, 9.17) is 10.5 Å². The fourth-order valence-corrected chi connectivity index (χ4v) is 2.22. The van der Waals surface area contributed by atoms with Crippen LogP contribution >= 0.6 is 0 Å². The molecule has 2 rings (SSSR count). The van der Waals surface area contributed by atoms with Crippen molar-refractivity contribution in [3.8, 4) is 0 Å². The number of rotatable bonds is 1. The van der Waals surface area contributed by atoms with Gasteiger partial charge in [-0.25, -0.2) is 4.39 Å². The van der Waals surface area contributed by atoms with E-state index in [0.717, 1.165) is 0 Å². The fourth-order valence-electron chi connectivity index (χ4n) is 2.22. The molecule has 1 heterocycles.